The van der Waals surface area contributed by atoms with Crippen molar-refractivity contribution < 1.29 is 0 Å². The van der Waals surface area contributed by atoms with Gasteiger partial charge in [0.2, 0.25) is 0 Å². The average Bonchev–Trinajstić information content (AvgIpc) is 1.63. The van der Waals surface area contributed by atoms with Crippen LogP contribution in [0.3, 0.4) is 0 Å². The molecule has 0 aromatic carbocycles. The van der Waals surface area contributed by atoms with Gasteiger partial charge in [0, 0.05) is 0 Å². The third kappa shape index (κ3) is 4.88. The molecule has 9 heavy (non-hydrogen) atoms. The first-order valence-electron chi connectivity index (χ1n) is 2.89. The highest BCUT2D eigenvalue weighted by atomic mass is 14.5. The Labute approximate surface area is 56.6 Å². The van der Waals surface area contributed by atoms with Crippen molar-refractivity contribution in [3.63, 3.8) is 0 Å². The van der Waals surface area contributed by atoms with Crippen LogP contribution < -0.4 is 5.73 Å². The fourth-order valence-corrected chi connectivity index (χ4v) is 0.589. The van der Waals surface area contributed by atoms with Gasteiger partial charge in [0.05, 0.1) is 0 Å². The Morgan fingerprint density at radius 3 is 2.33 bits per heavy atom. The van der Waals surface area contributed by atoms with Gasteiger partial charge < -0.3 is 5.73 Å². The Morgan fingerprint density at radius 2 is 2.00 bits per heavy atom. The van der Waals surface area contributed by atoms with Crippen molar-refractivity contribution in [2.45, 2.75) is 13.8 Å². The van der Waals surface area contributed by atoms with Crippen LogP contribution in [-0.2, 0) is 0 Å². The summed E-state index contributed by atoms with van der Waals surface area (Å²) in [5, 5.41) is 0. The van der Waals surface area contributed by atoms with E-state index in [-0.39, 0.29) is 0 Å². The zero-order valence-electron chi connectivity index (χ0n) is 6.02. The van der Waals surface area contributed by atoms with E-state index in [1.807, 2.05) is 26.0 Å². The van der Waals surface area contributed by atoms with E-state index in [4.69, 9.17) is 5.73 Å². The molecule has 0 saturated carbocycles. The number of rotatable bonds is 2. The maximum atomic E-state index is 5.15. The third-order valence-electron chi connectivity index (χ3n) is 0.833. The minimum atomic E-state index is 1.05. The van der Waals surface area contributed by atoms with Crippen molar-refractivity contribution >= 4 is 0 Å². The fraction of sp³-hybridized carbons (Fsp3) is 0.250. The predicted octanol–water partition coefficient (Wildman–Crippen LogP) is 1.98. The van der Waals surface area contributed by atoms with E-state index in [1.165, 1.54) is 6.20 Å². The van der Waals surface area contributed by atoms with Crippen molar-refractivity contribution in [2.24, 2.45) is 5.73 Å². The number of hydrogen-bond donors (Lipinski definition) is 1. The largest absolute Gasteiger partial charge is 0.405 e. The first kappa shape index (κ1) is 8.02. The molecule has 0 rings (SSSR count). The van der Waals surface area contributed by atoms with E-state index < -0.39 is 0 Å². The fourth-order valence-electron chi connectivity index (χ4n) is 0.589. The molecule has 2 N–H and O–H groups in total. The molecule has 0 atom stereocenters. The van der Waals surface area contributed by atoms with Gasteiger partial charge in [-0.3, -0.25) is 0 Å². The first-order valence-corrected chi connectivity index (χ1v) is 2.89. The normalized spacial score (nSPS) is 12.4. The van der Waals surface area contributed by atoms with Gasteiger partial charge in [0.25, 0.3) is 0 Å². The topological polar surface area (TPSA) is 26.0 Å². The molecule has 1 nitrogen and oxygen atoms in total. The molecule has 0 aliphatic heterocycles. The van der Waals surface area contributed by atoms with E-state index in [2.05, 4.69) is 6.58 Å². The van der Waals surface area contributed by atoms with Crippen molar-refractivity contribution in [1.29, 1.82) is 0 Å². The molecule has 0 bridgehead atoms. The zero-order valence-corrected chi connectivity index (χ0v) is 6.02. The highest BCUT2D eigenvalue weighted by Gasteiger charge is 1.78. The second kappa shape index (κ2) is 3.96. The Morgan fingerprint density at radius 1 is 1.44 bits per heavy atom. The molecule has 0 aliphatic rings. The zero-order chi connectivity index (χ0) is 7.28. The summed E-state index contributed by atoms with van der Waals surface area (Å²) < 4.78 is 0. The van der Waals surface area contributed by atoms with Gasteiger partial charge in [-0.2, -0.15) is 0 Å². The lowest BCUT2D eigenvalue weighted by molar-refractivity contribution is 1.43. The Balaban J connectivity index is 4.00. The summed E-state index contributed by atoms with van der Waals surface area (Å²) in [4.78, 5) is 0. The summed E-state index contributed by atoms with van der Waals surface area (Å²) in [7, 11) is 0. The Kier molecular flexibility index (Phi) is 3.52. The maximum Gasteiger partial charge on any atom is -0.00597 e. The Bertz CT molecular complexity index is 152. The average molecular weight is 123 g/mol. The summed E-state index contributed by atoms with van der Waals surface area (Å²) in [6.07, 6.45) is 5.34. The molecule has 0 aromatic heterocycles. The van der Waals surface area contributed by atoms with Gasteiger partial charge in [-0.05, 0) is 31.7 Å². The molecule has 1 heteroatoms. The van der Waals surface area contributed by atoms with Gasteiger partial charge in [0.15, 0.2) is 0 Å². The molecule has 0 unspecified atom stereocenters. The van der Waals surface area contributed by atoms with Crippen LogP contribution in [0.2, 0.25) is 0 Å². The molecule has 50 valence electrons. The molecule has 0 amide bonds. The van der Waals surface area contributed by atoms with Crippen LogP contribution >= 0.6 is 0 Å². The summed E-state index contributed by atoms with van der Waals surface area (Å²) >= 11 is 0. The lowest BCUT2D eigenvalue weighted by Gasteiger charge is -1.89. The summed E-state index contributed by atoms with van der Waals surface area (Å²) in [5.74, 6) is 0. The van der Waals surface area contributed by atoms with Gasteiger partial charge >= 0.3 is 0 Å². The minimum Gasteiger partial charge on any atom is -0.405 e. The maximum absolute atomic E-state index is 5.15. The van der Waals surface area contributed by atoms with Gasteiger partial charge in [0.1, 0.15) is 0 Å². The summed E-state index contributed by atoms with van der Waals surface area (Å²) in [6.45, 7) is 7.66. The third-order valence-corrected chi connectivity index (χ3v) is 0.833. The summed E-state index contributed by atoms with van der Waals surface area (Å²) in [6, 6.07) is 0. The van der Waals surface area contributed by atoms with E-state index in [1.54, 1.807) is 0 Å². The molecule has 0 aliphatic carbocycles. The number of nitrogens with two attached hydrogens (primary N) is 1. The SMILES string of the molecule is C=C(C)/C=C(C)\C=C/N. The summed E-state index contributed by atoms with van der Waals surface area (Å²) in [5.41, 5.74) is 7.33. The highest BCUT2D eigenvalue weighted by molar-refractivity contribution is 5.24. The van der Waals surface area contributed by atoms with Crippen LogP contribution in [0.15, 0.2) is 36.1 Å². The van der Waals surface area contributed by atoms with Crippen molar-refractivity contribution in [3.05, 3.63) is 36.1 Å². The molecule has 0 spiro atoms. The van der Waals surface area contributed by atoms with Crippen LogP contribution in [0.25, 0.3) is 0 Å². The van der Waals surface area contributed by atoms with Crippen LogP contribution in [0.1, 0.15) is 13.8 Å². The van der Waals surface area contributed by atoms with Crippen molar-refractivity contribution in [1.82, 2.24) is 0 Å². The van der Waals surface area contributed by atoms with Gasteiger partial charge in [-0.1, -0.05) is 18.2 Å². The highest BCUT2D eigenvalue weighted by Crippen LogP contribution is 1.98. The first-order chi connectivity index (χ1) is 4.16. The number of hydrogen-bond acceptors (Lipinski definition) is 1. The quantitative estimate of drug-likeness (QED) is 0.558. The van der Waals surface area contributed by atoms with E-state index >= 15 is 0 Å². The smallest absolute Gasteiger partial charge is 0.00597 e. The van der Waals surface area contributed by atoms with Gasteiger partial charge in [-0.25, -0.2) is 0 Å². The number of allylic oxidation sites excluding steroid dienone is 4. The Hall–Kier alpha value is -0.980. The molecule has 0 aromatic rings. The lowest BCUT2D eigenvalue weighted by Crippen LogP contribution is -1.77. The predicted molar refractivity (Wildman–Crippen MR) is 41.9 cm³/mol. The van der Waals surface area contributed by atoms with Crippen LogP contribution in [-0.4, -0.2) is 0 Å². The molecule has 0 saturated heterocycles. The van der Waals surface area contributed by atoms with Crippen molar-refractivity contribution in [2.75, 3.05) is 0 Å². The minimum absolute atomic E-state index is 1.05. The van der Waals surface area contributed by atoms with E-state index in [0.717, 1.165) is 11.1 Å². The standard InChI is InChI=1S/C8H13N/c1-7(2)6-8(3)4-5-9/h4-6H,1,9H2,2-3H3/b5-4-,8-6-. The van der Waals surface area contributed by atoms with E-state index in [9.17, 15) is 0 Å². The van der Waals surface area contributed by atoms with Crippen LogP contribution in [0, 0.1) is 0 Å². The molecule has 0 heterocycles. The van der Waals surface area contributed by atoms with Crippen LogP contribution in [0.5, 0.6) is 0 Å². The monoisotopic (exact) mass is 123 g/mol. The van der Waals surface area contributed by atoms with E-state index in [0.29, 0.717) is 0 Å². The molecule has 0 radical (unpaired) electrons. The molecular weight excluding hydrogens is 110 g/mol. The molecule has 0 fully saturated rings. The van der Waals surface area contributed by atoms with Crippen LogP contribution in [0.4, 0.5) is 0 Å². The second-order valence-electron chi connectivity index (χ2n) is 2.09. The van der Waals surface area contributed by atoms with Crippen molar-refractivity contribution in [3.8, 4) is 0 Å². The second-order valence-corrected chi connectivity index (χ2v) is 2.09. The van der Waals surface area contributed by atoms with Gasteiger partial charge in [-0.15, -0.1) is 0 Å². The lowest BCUT2D eigenvalue weighted by atomic mass is 10.2. The molecular formula is C8H13N.